The third kappa shape index (κ3) is 6.18. The molecule has 1 heterocycles. The van der Waals surface area contributed by atoms with E-state index in [9.17, 15) is 13.2 Å². The summed E-state index contributed by atoms with van der Waals surface area (Å²) in [5, 5.41) is 0.632. The largest absolute Gasteiger partial charge is 0.302 e. The van der Waals surface area contributed by atoms with Crippen LogP contribution in [0.25, 0.3) is 10.2 Å². The highest BCUT2D eigenvalue weighted by Crippen LogP contribution is 2.32. The van der Waals surface area contributed by atoms with E-state index in [0.717, 1.165) is 28.9 Å². The minimum absolute atomic E-state index is 0.160. The van der Waals surface area contributed by atoms with Crippen LogP contribution in [0.2, 0.25) is 0 Å². The van der Waals surface area contributed by atoms with Gasteiger partial charge in [0.2, 0.25) is 0 Å². The number of nitrogens with one attached hydrogen (secondary N) is 1. The van der Waals surface area contributed by atoms with Crippen molar-refractivity contribution in [1.82, 2.24) is 9.88 Å². The number of thiazole rings is 1. The fraction of sp³-hybridized carbons (Fsp3) is 0.286. The minimum atomic E-state index is -3.77. The molecule has 1 aromatic heterocycles. The molecule has 7 nitrogen and oxygen atoms in total. The molecule has 1 amide bonds. The summed E-state index contributed by atoms with van der Waals surface area (Å²) >= 11 is 1.49. The van der Waals surface area contributed by atoms with Crippen LogP contribution in [0.3, 0.4) is 0 Å². The molecule has 0 unspecified atom stereocenters. The molecule has 0 aliphatic carbocycles. The summed E-state index contributed by atoms with van der Waals surface area (Å²) < 4.78 is 29.3. The van der Waals surface area contributed by atoms with E-state index in [-0.39, 0.29) is 10.8 Å². The molecule has 194 valence electrons. The summed E-state index contributed by atoms with van der Waals surface area (Å²) in [5.41, 5.74) is 3.92. The number of amides is 1. The van der Waals surface area contributed by atoms with Crippen molar-refractivity contribution in [2.75, 3.05) is 35.8 Å². The second-order valence-corrected chi connectivity index (χ2v) is 11.6. The van der Waals surface area contributed by atoms with Gasteiger partial charge >= 0.3 is 0 Å². The number of aryl methyl sites for hydroxylation is 2. The Morgan fingerprint density at radius 3 is 2.32 bits per heavy atom. The topological polar surface area (TPSA) is 82.6 Å². The molecule has 0 bridgehead atoms. The number of fused-ring (bicyclic) bond motifs is 1. The van der Waals surface area contributed by atoms with Crippen LogP contribution in [-0.2, 0) is 10.0 Å². The normalized spacial score (nSPS) is 11.7. The number of benzene rings is 3. The minimum Gasteiger partial charge on any atom is -0.302 e. The molecule has 0 fully saturated rings. The number of hydrogen-bond donors (Lipinski definition) is 1. The zero-order valence-electron chi connectivity index (χ0n) is 21.6. The first-order valence-corrected chi connectivity index (χ1v) is 14.6. The van der Waals surface area contributed by atoms with Crippen LogP contribution in [0.15, 0.2) is 71.6 Å². The van der Waals surface area contributed by atoms with Crippen molar-refractivity contribution in [3.8, 4) is 0 Å². The Bertz CT molecular complexity index is 1460. The first-order chi connectivity index (χ1) is 17.7. The average Bonchev–Trinajstić information content (AvgIpc) is 3.29. The van der Waals surface area contributed by atoms with E-state index in [0.29, 0.717) is 29.5 Å². The maximum Gasteiger partial charge on any atom is 0.261 e. The maximum absolute atomic E-state index is 13.8. The van der Waals surface area contributed by atoms with Crippen LogP contribution in [0.5, 0.6) is 0 Å². The van der Waals surface area contributed by atoms with Gasteiger partial charge in [-0.1, -0.05) is 49.4 Å². The Morgan fingerprint density at radius 2 is 1.62 bits per heavy atom. The smallest absolute Gasteiger partial charge is 0.261 e. The molecular formula is C28H32N4O3S2. The van der Waals surface area contributed by atoms with E-state index < -0.39 is 10.0 Å². The SMILES string of the molecule is CCN(CC)CCN(C(=O)c1cccc(NS(=O)(=O)c2ccccc2)c1)c1nc2cc(C)c(C)cc2s1. The van der Waals surface area contributed by atoms with Crippen molar-refractivity contribution in [2.45, 2.75) is 32.6 Å². The van der Waals surface area contributed by atoms with E-state index >= 15 is 0 Å². The van der Waals surface area contributed by atoms with E-state index in [2.05, 4.69) is 49.4 Å². The van der Waals surface area contributed by atoms with Crippen LogP contribution in [-0.4, -0.2) is 50.4 Å². The fourth-order valence-electron chi connectivity index (χ4n) is 4.03. The Labute approximate surface area is 222 Å². The van der Waals surface area contributed by atoms with Crippen molar-refractivity contribution in [3.63, 3.8) is 0 Å². The zero-order valence-corrected chi connectivity index (χ0v) is 23.2. The third-order valence-electron chi connectivity index (χ3n) is 6.42. The van der Waals surface area contributed by atoms with Crippen LogP contribution in [0.1, 0.15) is 35.3 Å². The second kappa shape index (κ2) is 11.4. The van der Waals surface area contributed by atoms with Crippen molar-refractivity contribution in [2.24, 2.45) is 0 Å². The Kier molecular flexibility index (Phi) is 8.26. The molecule has 0 spiro atoms. The van der Waals surface area contributed by atoms with Gasteiger partial charge in [0.1, 0.15) is 0 Å². The number of aromatic nitrogens is 1. The molecular weight excluding hydrogens is 504 g/mol. The van der Waals surface area contributed by atoms with Gasteiger partial charge in [0, 0.05) is 24.3 Å². The van der Waals surface area contributed by atoms with Gasteiger partial charge in [-0.15, -0.1) is 0 Å². The second-order valence-electron chi connectivity index (χ2n) is 8.88. The molecule has 3 aromatic carbocycles. The Hall–Kier alpha value is -3.27. The quantitative estimate of drug-likeness (QED) is 0.281. The lowest BCUT2D eigenvalue weighted by Gasteiger charge is -2.25. The van der Waals surface area contributed by atoms with Crippen LogP contribution in [0.4, 0.5) is 10.8 Å². The van der Waals surface area contributed by atoms with Crippen molar-refractivity contribution in [3.05, 3.63) is 83.4 Å². The first-order valence-electron chi connectivity index (χ1n) is 12.3. The fourth-order valence-corrected chi connectivity index (χ4v) is 6.17. The summed E-state index contributed by atoms with van der Waals surface area (Å²) in [5.74, 6) is -0.222. The number of nitrogens with zero attached hydrogens (tertiary/aromatic N) is 3. The van der Waals surface area contributed by atoms with Gasteiger partial charge in [-0.05, 0) is 80.5 Å². The number of likely N-dealkylation sites (N-methyl/N-ethyl adjacent to an activating group) is 1. The van der Waals surface area contributed by atoms with Gasteiger partial charge in [0.05, 0.1) is 15.1 Å². The zero-order chi connectivity index (χ0) is 26.6. The number of carbonyl (C=O) groups is 1. The van der Waals surface area contributed by atoms with E-state index in [1.807, 2.05) is 0 Å². The van der Waals surface area contributed by atoms with Crippen molar-refractivity contribution >= 4 is 48.3 Å². The van der Waals surface area contributed by atoms with Gasteiger partial charge in [-0.25, -0.2) is 13.4 Å². The molecule has 0 aliphatic rings. The molecule has 0 aliphatic heterocycles. The van der Waals surface area contributed by atoms with Crippen LogP contribution in [0, 0.1) is 13.8 Å². The average molecular weight is 537 g/mol. The van der Waals surface area contributed by atoms with Crippen LogP contribution < -0.4 is 9.62 Å². The molecule has 1 N–H and O–H groups in total. The number of sulfonamides is 1. The van der Waals surface area contributed by atoms with Gasteiger partial charge in [0.15, 0.2) is 5.13 Å². The van der Waals surface area contributed by atoms with E-state index in [1.54, 1.807) is 47.4 Å². The maximum atomic E-state index is 13.8. The summed E-state index contributed by atoms with van der Waals surface area (Å²) in [6.45, 7) is 11.3. The van der Waals surface area contributed by atoms with E-state index in [1.165, 1.54) is 29.0 Å². The Morgan fingerprint density at radius 1 is 0.919 bits per heavy atom. The number of hydrogen-bond acceptors (Lipinski definition) is 6. The summed E-state index contributed by atoms with van der Waals surface area (Å²) in [7, 11) is -3.77. The lowest BCUT2D eigenvalue weighted by molar-refractivity contribution is 0.0984. The highest BCUT2D eigenvalue weighted by Gasteiger charge is 2.23. The van der Waals surface area contributed by atoms with Gasteiger partial charge in [0.25, 0.3) is 15.9 Å². The lowest BCUT2D eigenvalue weighted by Crippen LogP contribution is -2.38. The molecule has 4 rings (SSSR count). The van der Waals surface area contributed by atoms with Gasteiger partial charge in [-0.3, -0.25) is 14.4 Å². The molecule has 4 aromatic rings. The molecule has 37 heavy (non-hydrogen) atoms. The van der Waals surface area contributed by atoms with Gasteiger partial charge in [-0.2, -0.15) is 0 Å². The van der Waals surface area contributed by atoms with Crippen molar-refractivity contribution < 1.29 is 13.2 Å². The molecule has 0 saturated carbocycles. The number of rotatable bonds is 10. The van der Waals surface area contributed by atoms with Crippen LogP contribution >= 0.6 is 11.3 Å². The third-order valence-corrected chi connectivity index (χ3v) is 8.86. The summed E-state index contributed by atoms with van der Waals surface area (Å²) in [6, 6.07) is 18.9. The summed E-state index contributed by atoms with van der Waals surface area (Å²) in [6.07, 6.45) is 0. The molecule has 0 radical (unpaired) electrons. The molecule has 9 heteroatoms. The Balaban J connectivity index is 1.66. The highest BCUT2D eigenvalue weighted by atomic mass is 32.2. The summed E-state index contributed by atoms with van der Waals surface area (Å²) in [4.78, 5) is 22.8. The monoisotopic (exact) mass is 536 g/mol. The van der Waals surface area contributed by atoms with Gasteiger partial charge < -0.3 is 4.90 Å². The highest BCUT2D eigenvalue weighted by molar-refractivity contribution is 7.92. The number of carbonyl (C=O) groups excluding carboxylic acids is 1. The molecule has 0 saturated heterocycles. The molecule has 0 atom stereocenters. The predicted octanol–water partition coefficient (Wildman–Crippen LogP) is 5.70. The lowest BCUT2D eigenvalue weighted by atomic mass is 10.1. The number of anilines is 2. The predicted molar refractivity (Wildman–Crippen MR) is 152 cm³/mol. The first kappa shape index (κ1) is 26.8. The van der Waals surface area contributed by atoms with Crippen molar-refractivity contribution in [1.29, 1.82) is 0 Å². The standard InChI is InChI=1S/C28H32N4O3S2/c1-5-31(6-2)15-16-32(28-29-25-17-20(3)21(4)18-26(25)36-28)27(33)22-11-10-12-23(19-22)30-37(34,35)24-13-8-7-9-14-24/h7-14,17-19,30H,5-6,15-16H2,1-4H3. The van der Waals surface area contributed by atoms with E-state index in [4.69, 9.17) is 4.98 Å².